The zero-order valence-electron chi connectivity index (χ0n) is 21.5. The van der Waals surface area contributed by atoms with Crippen molar-refractivity contribution in [2.24, 2.45) is 5.92 Å². The molecule has 1 aromatic carbocycles. The fourth-order valence-electron chi connectivity index (χ4n) is 3.86. The summed E-state index contributed by atoms with van der Waals surface area (Å²) in [6.45, 7) is 9.16. The number of aromatic nitrogens is 2. The number of hydrogen-bond donors (Lipinski definition) is 0. The van der Waals surface area contributed by atoms with Gasteiger partial charge in [0.2, 0.25) is 0 Å². The molecule has 3 rings (SSSR count). The van der Waals surface area contributed by atoms with Crippen molar-refractivity contribution in [2.45, 2.75) is 65.4 Å². The molecule has 1 atom stereocenters. The van der Waals surface area contributed by atoms with Gasteiger partial charge in [0, 0.05) is 24.1 Å². The zero-order chi connectivity index (χ0) is 25.8. The van der Waals surface area contributed by atoms with Crippen molar-refractivity contribution in [1.82, 2.24) is 14.9 Å². The number of Topliss-reactive ketones (excluding diaryl/α,β-unsaturated/α-hetero) is 1. The Kier molecular flexibility index (Phi) is 8.94. The van der Waals surface area contributed by atoms with E-state index in [1.165, 1.54) is 23.5 Å². The monoisotopic (exact) mass is 503 g/mol. The van der Waals surface area contributed by atoms with Gasteiger partial charge in [-0.05, 0) is 69.1 Å². The Morgan fingerprint density at radius 2 is 1.97 bits per heavy atom. The predicted octanol–water partition coefficient (Wildman–Crippen LogP) is 6.33. The fraction of sp³-hybridized carbons (Fsp3) is 0.519. The molecule has 8 heteroatoms. The molecule has 0 saturated carbocycles. The lowest BCUT2D eigenvalue weighted by atomic mass is 9.88. The zero-order valence-corrected chi connectivity index (χ0v) is 22.3. The number of thiazole rings is 1. The fourth-order valence-corrected chi connectivity index (χ4v) is 4.65. The summed E-state index contributed by atoms with van der Waals surface area (Å²) < 4.78 is 35.2. The Labute approximate surface area is 210 Å². The molecule has 0 bridgehead atoms. The summed E-state index contributed by atoms with van der Waals surface area (Å²) in [7, 11) is 3.92. The lowest BCUT2D eigenvalue weighted by Gasteiger charge is -2.17. The van der Waals surface area contributed by atoms with E-state index in [1.54, 1.807) is 0 Å². The average Bonchev–Trinajstić information content (AvgIpc) is 3.20. The van der Waals surface area contributed by atoms with E-state index in [0.29, 0.717) is 5.01 Å². The van der Waals surface area contributed by atoms with E-state index >= 15 is 4.39 Å². The number of ether oxygens (including phenoxy) is 1. The standard InChI is InChI=1S/C27H35F2N3O2S/c1-7-17(12-13-32(5)6)22(33)10-8-19-20(28)9-11-23(25(19)29)34-16-24-31-21-14-18(27(2,3)4)15-30-26(21)35-24/h9,11,14-15,17H,7-8,10,12-13,16H2,1-6H3. The van der Waals surface area contributed by atoms with Gasteiger partial charge < -0.3 is 9.64 Å². The molecule has 0 spiro atoms. The number of carbonyl (C=O) groups is 1. The minimum Gasteiger partial charge on any atom is -0.483 e. The minimum absolute atomic E-state index is 0.00675. The van der Waals surface area contributed by atoms with Gasteiger partial charge in [0.15, 0.2) is 11.6 Å². The maximum absolute atomic E-state index is 15.1. The molecule has 5 nitrogen and oxygen atoms in total. The number of pyridine rings is 1. The molecule has 0 radical (unpaired) electrons. The first-order chi connectivity index (χ1) is 16.5. The van der Waals surface area contributed by atoms with Crippen molar-refractivity contribution in [1.29, 1.82) is 0 Å². The molecule has 2 aromatic heterocycles. The molecule has 2 heterocycles. The molecule has 0 N–H and O–H groups in total. The number of nitrogens with zero attached hydrogens (tertiary/aromatic N) is 3. The lowest BCUT2D eigenvalue weighted by molar-refractivity contribution is -0.123. The van der Waals surface area contributed by atoms with E-state index < -0.39 is 11.6 Å². The van der Waals surface area contributed by atoms with Gasteiger partial charge in [-0.25, -0.2) is 18.7 Å². The van der Waals surface area contributed by atoms with E-state index in [2.05, 4.69) is 30.7 Å². The van der Waals surface area contributed by atoms with Gasteiger partial charge in [-0.1, -0.05) is 39.0 Å². The highest BCUT2D eigenvalue weighted by molar-refractivity contribution is 7.18. The lowest BCUT2D eigenvalue weighted by Crippen LogP contribution is -2.22. The average molecular weight is 504 g/mol. The van der Waals surface area contributed by atoms with Gasteiger partial charge in [0.05, 0.1) is 0 Å². The van der Waals surface area contributed by atoms with Crippen molar-refractivity contribution < 1.29 is 18.3 Å². The molecule has 0 aliphatic carbocycles. The van der Waals surface area contributed by atoms with E-state index in [4.69, 9.17) is 4.74 Å². The van der Waals surface area contributed by atoms with Gasteiger partial charge in [0.25, 0.3) is 0 Å². The molecule has 3 aromatic rings. The van der Waals surface area contributed by atoms with Crippen LogP contribution in [0, 0.1) is 17.6 Å². The van der Waals surface area contributed by atoms with Crippen LogP contribution < -0.4 is 4.74 Å². The largest absolute Gasteiger partial charge is 0.483 e. The first-order valence-corrected chi connectivity index (χ1v) is 12.8. The molecule has 0 aliphatic heterocycles. The van der Waals surface area contributed by atoms with Crippen LogP contribution in [-0.4, -0.2) is 41.3 Å². The van der Waals surface area contributed by atoms with E-state index in [1.807, 2.05) is 38.2 Å². The number of fused-ring (bicyclic) bond motifs is 1. The maximum atomic E-state index is 15.1. The number of ketones is 1. The predicted molar refractivity (Wildman–Crippen MR) is 137 cm³/mol. The third kappa shape index (κ3) is 7.04. The summed E-state index contributed by atoms with van der Waals surface area (Å²) in [4.78, 5) is 24.5. The molecule has 35 heavy (non-hydrogen) atoms. The first kappa shape index (κ1) is 27.1. The Morgan fingerprint density at radius 3 is 2.63 bits per heavy atom. The van der Waals surface area contributed by atoms with Gasteiger partial charge in [-0.2, -0.15) is 0 Å². The van der Waals surface area contributed by atoms with E-state index in [-0.39, 0.29) is 47.9 Å². The summed E-state index contributed by atoms with van der Waals surface area (Å²) >= 11 is 1.38. The molecule has 1 unspecified atom stereocenters. The van der Waals surface area contributed by atoms with Crippen molar-refractivity contribution in [3.63, 3.8) is 0 Å². The van der Waals surface area contributed by atoms with Crippen LogP contribution in [0.4, 0.5) is 8.78 Å². The van der Waals surface area contributed by atoms with Crippen molar-refractivity contribution in [3.8, 4) is 5.75 Å². The van der Waals surface area contributed by atoms with Gasteiger partial charge in [0.1, 0.15) is 33.6 Å². The minimum atomic E-state index is -0.756. The molecule has 0 amide bonds. The maximum Gasteiger partial charge on any atom is 0.171 e. The molecule has 0 saturated heterocycles. The second-order valence-electron chi connectivity index (χ2n) is 10.2. The second kappa shape index (κ2) is 11.5. The summed E-state index contributed by atoms with van der Waals surface area (Å²) in [5, 5.41) is 0.658. The van der Waals surface area contributed by atoms with Crippen LogP contribution in [0.5, 0.6) is 5.75 Å². The smallest absolute Gasteiger partial charge is 0.171 e. The van der Waals surface area contributed by atoms with Gasteiger partial charge in [-0.3, -0.25) is 4.79 Å². The number of carbonyl (C=O) groups excluding carboxylic acids is 1. The topological polar surface area (TPSA) is 55.3 Å². The van der Waals surface area contributed by atoms with Crippen LogP contribution in [0.25, 0.3) is 10.3 Å². The molecule has 0 aliphatic rings. The Hall–Kier alpha value is -2.45. The molecular formula is C27H35F2N3O2S. The van der Waals surface area contributed by atoms with Gasteiger partial charge in [-0.15, -0.1) is 0 Å². The van der Waals surface area contributed by atoms with Crippen LogP contribution in [0.2, 0.25) is 0 Å². The molecule has 190 valence electrons. The first-order valence-electron chi connectivity index (χ1n) is 12.0. The van der Waals surface area contributed by atoms with Crippen LogP contribution in [0.3, 0.4) is 0 Å². The summed E-state index contributed by atoms with van der Waals surface area (Å²) in [5.41, 5.74) is 1.71. The number of halogens is 2. The van der Waals surface area contributed by atoms with Crippen LogP contribution >= 0.6 is 11.3 Å². The third-order valence-corrected chi connectivity index (χ3v) is 7.11. The van der Waals surface area contributed by atoms with E-state index in [0.717, 1.165) is 35.3 Å². The highest BCUT2D eigenvalue weighted by Crippen LogP contribution is 2.29. The highest BCUT2D eigenvalue weighted by atomic mass is 32.1. The molecule has 0 fully saturated rings. The summed E-state index contributed by atoms with van der Waals surface area (Å²) in [6, 6.07) is 4.49. The van der Waals surface area contributed by atoms with E-state index in [9.17, 15) is 9.18 Å². The number of rotatable bonds is 11. The van der Waals surface area contributed by atoms with Gasteiger partial charge >= 0.3 is 0 Å². The quantitative estimate of drug-likeness (QED) is 0.306. The van der Waals surface area contributed by atoms with Crippen molar-refractivity contribution in [3.05, 3.63) is 52.2 Å². The van der Waals surface area contributed by atoms with Crippen molar-refractivity contribution >= 4 is 27.5 Å². The summed E-state index contributed by atoms with van der Waals surface area (Å²) in [6.07, 6.45) is 3.41. The number of hydrogen-bond acceptors (Lipinski definition) is 6. The highest BCUT2D eigenvalue weighted by Gasteiger charge is 2.21. The van der Waals surface area contributed by atoms with Crippen LogP contribution in [0.15, 0.2) is 24.4 Å². The number of benzene rings is 1. The Morgan fingerprint density at radius 1 is 1.23 bits per heavy atom. The SMILES string of the molecule is CCC(CCN(C)C)C(=O)CCc1c(F)ccc(OCc2nc3cc(C(C)(C)C)cnc3s2)c1F. The Balaban J connectivity index is 1.68. The van der Waals surface area contributed by atoms with Crippen LogP contribution in [0.1, 0.15) is 63.1 Å². The van der Waals surface area contributed by atoms with Crippen molar-refractivity contribution in [2.75, 3.05) is 20.6 Å². The second-order valence-corrected chi connectivity index (χ2v) is 11.3. The normalized spacial score (nSPS) is 12.9. The Bertz CT molecular complexity index is 1170. The summed E-state index contributed by atoms with van der Waals surface area (Å²) in [5.74, 6) is -1.53. The third-order valence-electron chi connectivity index (χ3n) is 6.15. The molecular weight excluding hydrogens is 468 g/mol. The van der Waals surface area contributed by atoms with Crippen LogP contribution in [-0.2, 0) is 23.2 Å².